The average Bonchev–Trinajstić information content (AvgIpc) is 3.14. The van der Waals surface area contributed by atoms with Gasteiger partial charge in [0.05, 0.1) is 11.6 Å². The molecule has 2 aromatic heterocycles. The van der Waals surface area contributed by atoms with Gasteiger partial charge in [0.15, 0.2) is 0 Å². The van der Waals surface area contributed by atoms with Crippen LogP contribution in [0.15, 0.2) is 42.7 Å². The molecule has 0 saturated carbocycles. The summed E-state index contributed by atoms with van der Waals surface area (Å²) >= 11 is 12.2. The van der Waals surface area contributed by atoms with E-state index in [0.29, 0.717) is 34.8 Å². The zero-order chi connectivity index (χ0) is 22.5. The second-order valence-corrected chi connectivity index (χ2v) is 8.27. The molecule has 1 amide bonds. The SMILES string of the molecule is CC[C@@H](NC(=O)c1[nH]cc(-c2cc(Cl)ncc2C#N)c1CN(C)C)c1cccc(Cl)c1. The Morgan fingerprint density at radius 3 is 2.71 bits per heavy atom. The lowest BCUT2D eigenvalue weighted by Crippen LogP contribution is -2.29. The van der Waals surface area contributed by atoms with Gasteiger partial charge in [0.25, 0.3) is 5.91 Å². The van der Waals surface area contributed by atoms with Gasteiger partial charge >= 0.3 is 0 Å². The zero-order valence-corrected chi connectivity index (χ0v) is 19.1. The van der Waals surface area contributed by atoms with E-state index in [1.807, 2.05) is 44.1 Å². The molecule has 2 heterocycles. The predicted octanol–water partition coefficient (Wildman–Crippen LogP) is 5.20. The van der Waals surface area contributed by atoms with Crippen LogP contribution >= 0.6 is 23.2 Å². The van der Waals surface area contributed by atoms with Crippen molar-refractivity contribution in [2.45, 2.75) is 25.9 Å². The molecular weight excluding hydrogens is 433 g/mol. The summed E-state index contributed by atoms with van der Waals surface area (Å²) in [5, 5.41) is 13.5. The number of H-pyrrole nitrogens is 1. The van der Waals surface area contributed by atoms with Crippen LogP contribution in [-0.2, 0) is 6.54 Å². The van der Waals surface area contributed by atoms with Gasteiger partial charge in [-0.15, -0.1) is 0 Å². The van der Waals surface area contributed by atoms with E-state index in [4.69, 9.17) is 23.2 Å². The highest BCUT2D eigenvalue weighted by molar-refractivity contribution is 6.30. The maximum Gasteiger partial charge on any atom is 0.268 e. The van der Waals surface area contributed by atoms with Crippen LogP contribution in [0, 0.1) is 11.3 Å². The van der Waals surface area contributed by atoms with Crippen molar-refractivity contribution in [1.29, 1.82) is 5.26 Å². The smallest absolute Gasteiger partial charge is 0.268 e. The minimum atomic E-state index is -0.228. The van der Waals surface area contributed by atoms with Gasteiger partial charge in [0.2, 0.25) is 0 Å². The first-order valence-electron chi connectivity index (χ1n) is 9.81. The highest BCUT2D eigenvalue weighted by atomic mass is 35.5. The van der Waals surface area contributed by atoms with Gasteiger partial charge in [0, 0.05) is 40.7 Å². The molecule has 0 aliphatic carbocycles. The lowest BCUT2D eigenvalue weighted by atomic mass is 9.99. The van der Waals surface area contributed by atoms with E-state index in [9.17, 15) is 10.1 Å². The quantitative estimate of drug-likeness (QED) is 0.479. The molecule has 160 valence electrons. The number of hydrogen-bond donors (Lipinski definition) is 2. The van der Waals surface area contributed by atoms with Crippen LogP contribution in [0.5, 0.6) is 0 Å². The van der Waals surface area contributed by atoms with Gasteiger partial charge < -0.3 is 15.2 Å². The number of nitrogens with zero attached hydrogens (tertiary/aromatic N) is 3. The fraction of sp³-hybridized carbons (Fsp3) is 0.261. The number of nitriles is 1. The van der Waals surface area contributed by atoms with Gasteiger partial charge in [-0.05, 0) is 44.3 Å². The second kappa shape index (κ2) is 9.97. The van der Waals surface area contributed by atoms with Crippen LogP contribution in [0.25, 0.3) is 11.1 Å². The number of carbonyl (C=O) groups is 1. The molecule has 31 heavy (non-hydrogen) atoms. The van der Waals surface area contributed by atoms with Crippen LogP contribution < -0.4 is 5.32 Å². The molecular formula is C23H23Cl2N5O. The summed E-state index contributed by atoms with van der Waals surface area (Å²) in [5.74, 6) is -0.228. The number of halogens is 2. The number of benzene rings is 1. The molecule has 3 rings (SSSR count). The van der Waals surface area contributed by atoms with Gasteiger partial charge in [-0.1, -0.05) is 42.3 Å². The number of hydrogen-bond acceptors (Lipinski definition) is 4. The summed E-state index contributed by atoms with van der Waals surface area (Å²) in [6, 6.07) is 11.1. The van der Waals surface area contributed by atoms with Crippen LogP contribution in [0.1, 0.15) is 46.6 Å². The van der Waals surface area contributed by atoms with Crippen molar-refractivity contribution in [2.24, 2.45) is 0 Å². The average molecular weight is 456 g/mol. The Morgan fingerprint density at radius 1 is 1.29 bits per heavy atom. The third-order valence-corrected chi connectivity index (χ3v) is 5.38. The lowest BCUT2D eigenvalue weighted by molar-refractivity contribution is 0.0929. The Hall–Kier alpha value is -2.85. The molecule has 3 aromatic rings. The third kappa shape index (κ3) is 5.26. The Labute approximate surface area is 191 Å². The molecule has 8 heteroatoms. The van der Waals surface area contributed by atoms with Crippen molar-refractivity contribution in [3.05, 3.63) is 75.3 Å². The molecule has 0 aliphatic heterocycles. The van der Waals surface area contributed by atoms with Crippen LogP contribution in [0.2, 0.25) is 10.2 Å². The highest BCUT2D eigenvalue weighted by Crippen LogP contribution is 2.31. The summed E-state index contributed by atoms with van der Waals surface area (Å²) in [7, 11) is 3.84. The number of carbonyl (C=O) groups excluding carboxylic acids is 1. The van der Waals surface area contributed by atoms with Gasteiger partial charge in [-0.25, -0.2) is 4.98 Å². The van der Waals surface area contributed by atoms with Crippen molar-refractivity contribution >= 4 is 29.1 Å². The lowest BCUT2D eigenvalue weighted by Gasteiger charge is -2.19. The molecule has 2 N–H and O–H groups in total. The van der Waals surface area contributed by atoms with Crippen molar-refractivity contribution in [3.63, 3.8) is 0 Å². The highest BCUT2D eigenvalue weighted by Gasteiger charge is 2.23. The molecule has 0 saturated heterocycles. The monoisotopic (exact) mass is 455 g/mol. The predicted molar refractivity (Wildman–Crippen MR) is 123 cm³/mol. The van der Waals surface area contributed by atoms with E-state index < -0.39 is 0 Å². The Balaban J connectivity index is 2.01. The molecule has 0 fully saturated rings. The maximum atomic E-state index is 13.2. The van der Waals surface area contributed by atoms with E-state index in [0.717, 1.165) is 16.7 Å². The summed E-state index contributed by atoms with van der Waals surface area (Å²) in [5.41, 5.74) is 3.94. The van der Waals surface area contributed by atoms with E-state index in [-0.39, 0.29) is 17.1 Å². The van der Waals surface area contributed by atoms with E-state index in [1.54, 1.807) is 18.3 Å². The molecule has 1 aromatic carbocycles. The van der Waals surface area contributed by atoms with Crippen molar-refractivity contribution in [2.75, 3.05) is 14.1 Å². The fourth-order valence-electron chi connectivity index (χ4n) is 3.49. The van der Waals surface area contributed by atoms with Crippen LogP contribution in [-0.4, -0.2) is 34.9 Å². The van der Waals surface area contributed by atoms with Crippen LogP contribution in [0.4, 0.5) is 0 Å². The number of nitrogens with one attached hydrogen (secondary N) is 2. The Bertz CT molecular complexity index is 1130. The number of aromatic amines is 1. The van der Waals surface area contributed by atoms with Crippen molar-refractivity contribution < 1.29 is 4.79 Å². The number of amides is 1. The van der Waals surface area contributed by atoms with E-state index >= 15 is 0 Å². The summed E-state index contributed by atoms with van der Waals surface area (Å²) in [4.78, 5) is 22.3. The van der Waals surface area contributed by atoms with Gasteiger partial charge in [0.1, 0.15) is 16.9 Å². The van der Waals surface area contributed by atoms with Crippen molar-refractivity contribution in [3.8, 4) is 17.2 Å². The first-order chi connectivity index (χ1) is 14.8. The molecule has 0 radical (unpaired) electrons. The summed E-state index contributed by atoms with van der Waals surface area (Å²) in [6.45, 7) is 2.51. The standard InChI is InChI=1S/C23H23Cl2N5O/c1-4-20(14-6-5-7-16(24)8-14)29-23(31)22-19(13-30(2)3)18(12-28-22)17-9-21(25)27-11-15(17)10-26/h5-9,11-12,20,28H,4,13H2,1-3H3,(H,29,31)/t20-/m1/s1. The first-order valence-corrected chi connectivity index (χ1v) is 10.6. The molecule has 0 spiro atoms. The van der Waals surface area contributed by atoms with Crippen LogP contribution in [0.3, 0.4) is 0 Å². The van der Waals surface area contributed by atoms with Crippen molar-refractivity contribution in [1.82, 2.24) is 20.2 Å². The maximum absolute atomic E-state index is 13.2. The third-order valence-electron chi connectivity index (χ3n) is 4.93. The molecule has 6 nitrogen and oxygen atoms in total. The zero-order valence-electron chi connectivity index (χ0n) is 17.5. The number of pyridine rings is 1. The Morgan fingerprint density at radius 2 is 2.06 bits per heavy atom. The van der Waals surface area contributed by atoms with E-state index in [1.165, 1.54) is 6.20 Å². The molecule has 1 atom stereocenters. The summed E-state index contributed by atoms with van der Waals surface area (Å²) < 4.78 is 0. The molecule has 0 unspecified atom stereocenters. The summed E-state index contributed by atoms with van der Waals surface area (Å²) in [6.07, 6.45) is 3.89. The fourth-order valence-corrected chi connectivity index (χ4v) is 3.85. The largest absolute Gasteiger partial charge is 0.356 e. The second-order valence-electron chi connectivity index (χ2n) is 7.45. The molecule has 0 aliphatic rings. The normalized spacial score (nSPS) is 11.9. The first kappa shape index (κ1) is 22.8. The minimum absolute atomic E-state index is 0.185. The van der Waals surface area contributed by atoms with E-state index in [2.05, 4.69) is 21.4 Å². The topological polar surface area (TPSA) is 84.8 Å². The number of rotatable bonds is 7. The number of aromatic nitrogens is 2. The van der Waals surface area contributed by atoms with Gasteiger partial charge in [-0.3, -0.25) is 4.79 Å². The van der Waals surface area contributed by atoms with Gasteiger partial charge in [-0.2, -0.15) is 5.26 Å². The minimum Gasteiger partial charge on any atom is -0.356 e. The molecule has 0 bridgehead atoms. The Kier molecular flexibility index (Phi) is 7.34.